The quantitative estimate of drug-likeness (QED) is 0.466. The maximum Gasteiger partial charge on any atom is 0.158 e. The van der Waals surface area contributed by atoms with Gasteiger partial charge in [-0.15, -0.1) is 5.10 Å². The fourth-order valence-electron chi connectivity index (χ4n) is 2.94. The van der Waals surface area contributed by atoms with Crippen molar-refractivity contribution >= 4 is 28.5 Å². The Balaban J connectivity index is 1.60. The van der Waals surface area contributed by atoms with Crippen molar-refractivity contribution < 1.29 is 9.47 Å². The fraction of sp³-hybridized carbons (Fsp3) is 0.200. The predicted octanol–water partition coefficient (Wildman–Crippen LogP) is 3.55. The van der Waals surface area contributed by atoms with Crippen LogP contribution in [0.3, 0.4) is 0 Å². The molecule has 1 N–H and O–H groups in total. The molecule has 0 aliphatic rings. The van der Waals surface area contributed by atoms with Crippen LogP contribution in [0.15, 0.2) is 48.7 Å². The molecule has 3 heterocycles. The highest BCUT2D eigenvalue weighted by atomic mass is 35.5. The number of fused-ring (bicyclic) bond motifs is 1. The van der Waals surface area contributed by atoms with E-state index in [1.807, 2.05) is 36.4 Å². The average Bonchev–Trinajstić information content (AvgIpc) is 3.14. The number of benzene rings is 1. The molecule has 0 bridgehead atoms. The second-order valence-electron chi connectivity index (χ2n) is 6.24. The number of nitrogens with one attached hydrogen (secondary N) is 1. The van der Waals surface area contributed by atoms with Gasteiger partial charge in [0.25, 0.3) is 0 Å². The number of hydrogen-bond donors (Lipinski definition) is 1. The van der Waals surface area contributed by atoms with Crippen LogP contribution in [0.4, 0.5) is 5.82 Å². The van der Waals surface area contributed by atoms with Gasteiger partial charge in [0.05, 0.1) is 19.9 Å². The van der Waals surface area contributed by atoms with Crippen LogP contribution in [0.25, 0.3) is 11.0 Å². The second kappa shape index (κ2) is 8.32. The topological polar surface area (TPSA) is 87.0 Å². The summed E-state index contributed by atoms with van der Waals surface area (Å²) in [6.45, 7) is 0.932. The standard InChI is InChI=1S/C20H19ClN6O2/c1-28-15-7-6-13(17(9-15)29-2)11-23-20-19-16(10-18(21)24-20)25-27(26-19)12-14-5-3-4-8-22-14/h3-10H,11-12H2,1-2H3,(H,23,24). The van der Waals surface area contributed by atoms with Crippen LogP contribution in [0.2, 0.25) is 5.15 Å². The zero-order valence-electron chi connectivity index (χ0n) is 16.0. The number of rotatable bonds is 7. The van der Waals surface area contributed by atoms with E-state index in [9.17, 15) is 0 Å². The summed E-state index contributed by atoms with van der Waals surface area (Å²) in [4.78, 5) is 10.3. The number of nitrogens with zero attached hydrogens (tertiary/aromatic N) is 5. The normalized spacial score (nSPS) is 10.9. The molecule has 8 nitrogen and oxygen atoms in total. The molecule has 0 saturated heterocycles. The molecule has 4 aromatic rings. The van der Waals surface area contributed by atoms with Gasteiger partial charge in [-0.2, -0.15) is 9.90 Å². The van der Waals surface area contributed by atoms with Crippen LogP contribution in [0.1, 0.15) is 11.3 Å². The fourth-order valence-corrected chi connectivity index (χ4v) is 3.13. The Morgan fingerprint density at radius 1 is 1.07 bits per heavy atom. The molecule has 0 saturated carbocycles. The van der Waals surface area contributed by atoms with E-state index in [0.29, 0.717) is 40.8 Å². The van der Waals surface area contributed by atoms with E-state index in [2.05, 4.69) is 25.5 Å². The van der Waals surface area contributed by atoms with Crippen molar-refractivity contribution in [2.24, 2.45) is 0 Å². The third-order valence-electron chi connectivity index (χ3n) is 4.35. The highest BCUT2D eigenvalue weighted by molar-refractivity contribution is 6.30. The Kier molecular flexibility index (Phi) is 5.44. The molecule has 0 amide bonds. The molecule has 9 heteroatoms. The lowest BCUT2D eigenvalue weighted by Crippen LogP contribution is -2.06. The summed E-state index contributed by atoms with van der Waals surface area (Å²) < 4.78 is 10.7. The third kappa shape index (κ3) is 4.22. The molecule has 0 aliphatic heterocycles. The van der Waals surface area contributed by atoms with Crippen molar-refractivity contribution in [1.29, 1.82) is 0 Å². The Morgan fingerprint density at radius 3 is 2.72 bits per heavy atom. The number of methoxy groups -OCH3 is 2. The van der Waals surface area contributed by atoms with Crippen LogP contribution in [0, 0.1) is 0 Å². The molecule has 3 aromatic heterocycles. The molecule has 1 aromatic carbocycles. The summed E-state index contributed by atoms with van der Waals surface area (Å²) in [5, 5.41) is 12.7. The summed E-state index contributed by atoms with van der Waals surface area (Å²) in [5.74, 6) is 2.00. The Labute approximate surface area is 172 Å². The first kappa shape index (κ1) is 18.9. The number of halogens is 1. The van der Waals surface area contributed by atoms with Gasteiger partial charge >= 0.3 is 0 Å². The van der Waals surface area contributed by atoms with Crippen LogP contribution in [0.5, 0.6) is 11.5 Å². The zero-order chi connectivity index (χ0) is 20.2. The highest BCUT2D eigenvalue weighted by Crippen LogP contribution is 2.27. The first-order valence-corrected chi connectivity index (χ1v) is 9.30. The second-order valence-corrected chi connectivity index (χ2v) is 6.63. The van der Waals surface area contributed by atoms with Crippen molar-refractivity contribution in [1.82, 2.24) is 25.0 Å². The Bertz CT molecular complexity index is 1130. The van der Waals surface area contributed by atoms with Crippen molar-refractivity contribution in [2.75, 3.05) is 19.5 Å². The van der Waals surface area contributed by atoms with Crippen LogP contribution < -0.4 is 14.8 Å². The molecule has 29 heavy (non-hydrogen) atoms. The van der Waals surface area contributed by atoms with E-state index >= 15 is 0 Å². The molecule has 4 rings (SSSR count). The predicted molar refractivity (Wildman–Crippen MR) is 111 cm³/mol. The van der Waals surface area contributed by atoms with E-state index in [1.54, 1.807) is 31.3 Å². The minimum Gasteiger partial charge on any atom is -0.497 e. The van der Waals surface area contributed by atoms with Gasteiger partial charge in [-0.25, -0.2) is 4.98 Å². The molecule has 0 unspecified atom stereocenters. The monoisotopic (exact) mass is 410 g/mol. The summed E-state index contributed by atoms with van der Waals surface area (Å²) in [7, 11) is 3.24. The number of anilines is 1. The largest absolute Gasteiger partial charge is 0.497 e. The van der Waals surface area contributed by atoms with Gasteiger partial charge in [0.1, 0.15) is 28.7 Å². The first-order chi connectivity index (χ1) is 14.2. The molecular formula is C20H19ClN6O2. The van der Waals surface area contributed by atoms with E-state index in [-0.39, 0.29) is 0 Å². The van der Waals surface area contributed by atoms with Gasteiger partial charge in [0.2, 0.25) is 0 Å². The summed E-state index contributed by atoms with van der Waals surface area (Å²) in [5.41, 5.74) is 3.11. The van der Waals surface area contributed by atoms with Crippen molar-refractivity contribution in [2.45, 2.75) is 13.1 Å². The van der Waals surface area contributed by atoms with Crippen molar-refractivity contribution in [3.63, 3.8) is 0 Å². The minimum atomic E-state index is 0.339. The molecule has 0 aliphatic carbocycles. The van der Waals surface area contributed by atoms with Gasteiger partial charge in [-0.05, 0) is 24.3 Å². The maximum absolute atomic E-state index is 6.19. The highest BCUT2D eigenvalue weighted by Gasteiger charge is 2.13. The van der Waals surface area contributed by atoms with E-state index < -0.39 is 0 Å². The lowest BCUT2D eigenvalue weighted by atomic mass is 10.2. The summed E-state index contributed by atoms with van der Waals surface area (Å²) in [6.07, 6.45) is 1.74. The van der Waals surface area contributed by atoms with Crippen LogP contribution >= 0.6 is 11.6 Å². The molecule has 0 fully saturated rings. The van der Waals surface area contributed by atoms with Crippen LogP contribution in [-0.4, -0.2) is 39.2 Å². The first-order valence-electron chi connectivity index (χ1n) is 8.92. The van der Waals surface area contributed by atoms with E-state index in [4.69, 9.17) is 21.1 Å². The maximum atomic E-state index is 6.19. The smallest absolute Gasteiger partial charge is 0.158 e. The van der Waals surface area contributed by atoms with Gasteiger partial charge < -0.3 is 14.8 Å². The van der Waals surface area contributed by atoms with E-state index in [1.165, 1.54) is 0 Å². The Morgan fingerprint density at radius 2 is 1.97 bits per heavy atom. The number of hydrogen-bond acceptors (Lipinski definition) is 7. The minimum absolute atomic E-state index is 0.339. The van der Waals surface area contributed by atoms with Crippen LogP contribution in [-0.2, 0) is 13.1 Å². The Hall–Kier alpha value is -3.39. The molecule has 0 spiro atoms. The van der Waals surface area contributed by atoms with Gasteiger partial charge in [-0.3, -0.25) is 4.98 Å². The molecular weight excluding hydrogens is 392 g/mol. The number of pyridine rings is 2. The number of aromatic nitrogens is 5. The number of ether oxygens (including phenoxy) is 2. The molecule has 148 valence electrons. The lowest BCUT2D eigenvalue weighted by molar-refractivity contribution is 0.391. The van der Waals surface area contributed by atoms with Gasteiger partial charge in [-0.1, -0.05) is 17.7 Å². The molecule has 0 radical (unpaired) electrons. The van der Waals surface area contributed by atoms with Crippen molar-refractivity contribution in [3.05, 3.63) is 65.1 Å². The SMILES string of the molecule is COc1ccc(CNc2nc(Cl)cc3nn(Cc4ccccn4)nc23)c(OC)c1. The lowest BCUT2D eigenvalue weighted by Gasteiger charge is -2.12. The third-order valence-corrected chi connectivity index (χ3v) is 4.54. The summed E-state index contributed by atoms with van der Waals surface area (Å²) >= 11 is 6.19. The summed E-state index contributed by atoms with van der Waals surface area (Å²) in [6, 6.07) is 13.1. The van der Waals surface area contributed by atoms with E-state index in [0.717, 1.165) is 17.0 Å². The van der Waals surface area contributed by atoms with Gasteiger partial charge in [0, 0.05) is 30.4 Å². The molecule has 0 atom stereocenters. The van der Waals surface area contributed by atoms with Gasteiger partial charge in [0.15, 0.2) is 11.3 Å². The van der Waals surface area contributed by atoms with Crippen molar-refractivity contribution in [3.8, 4) is 11.5 Å². The zero-order valence-corrected chi connectivity index (χ0v) is 16.7. The average molecular weight is 411 g/mol.